The molecular formula is C16H25N3O2S. The molecule has 6 heteroatoms. The third-order valence-electron chi connectivity index (χ3n) is 3.89. The van der Waals surface area contributed by atoms with Crippen LogP contribution >= 0.6 is 11.3 Å². The standard InChI is InChI=1S/C16H25N3O2S/c1-12(2)16(21)19-8-6-18(7-9-19)11-15(20)17-13(3)14-5-4-10-22-14/h4-5,10,12-13H,6-9,11H2,1-3H3,(H,17,20)/t13-/m1/s1. The average molecular weight is 323 g/mol. The van der Waals surface area contributed by atoms with Crippen molar-refractivity contribution in [1.29, 1.82) is 0 Å². The molecular weight excluding hydrogens is 298 g/mol. The summed E-state index contributed by atoms with van der Waals surface area (Å²) in [4.78, 5) is 29.2. The highest BCUT2D eigenvalue weighted by Crippen LogP contribution is 2.18. The van der Waals surface area contributed by atoms with Crippen LogP contribution in [0.2, 0.25) is 0 Å². The number of hydrogen-bond acceptors (Lipinski definition) is 4. The molecule has 0 saturated carbocycles. The van der Waals surface area contributed by atoms with E-state index in [1.54, 1.807) is 11.3 Å². The first kappa shape index (κ1) is 17.0. The van der Waals surface area contributed by atoms with E-state index in [-0.39, 0.29) is 23.8 Å². The summed E-state index contributed by atoms with van der Waals surface area (Å²) < 4.78 is 0. The average Bonchev–Trinajstić information content (AvgIpc) is 3.01. The summed E-state index contributed by atoms with van der Waals surface area (Å²) in [5.41, 5.74) is 0. The van der Waals surface area contributed by atoms with Crippen molar-refractivity contribution in [3.05, 3.63) is 22.4 Å². The molecule has 1 N–H and O–H groups in total. The zero-order valence-corrected chi connectivity index (χ0v) is 14.4. The molecule has 0 aliphatic carbocycles. The quantitative estimate of drug-likeness (QED) is 0.898. The zero-order chi connectivity index (χ0) is 16.1. The lowest BCUT2D eigenvalue weighted by Crippen LogP contribution is -2.52. The van der Waals surface area contributed by atoms with Gasteiger partial charge in [-0.05, 0) is 18.4 Å². The van der Waals surface area contributed by atoms with Crippen molar-refractivity contribution in [1.82, 2.24) is 15.1 Å². The largest absolute Gasteiger partial charge is 0.348 e. The second-order valence-corrected chi connectivity index (χ2v) is 7.04. The van der Waals surface area contributed by atoms with Crippen molar-refractivity contribution < 1.29 is 9.59 Å². The van der Waals surface area contributed by atoms with Gasteiger partial charge in [-0.25, -0.2) is 0 Å². The van der Waals surface area contributed by atoms with E-state index in [0.29, 0.717) is 19.6 Å². The van der Waals surface area contributed by atoms with Crippen molar-refractivity contribution in [3.8, 4) is 0 Å². The highest BCUT2D eigenvalue weighted by molar-refractivity contribution is 7.10. The fourth-order valence-corrected chi connectivity index (χ4v) is 3.32. The zero-order valence-electron chi connectivity index (χ0n) is 13.5. The van der Waals surface area contributed by atoms with Crippen LogP contribution in [0.3, 0.4) is 0 Å². The van der Waals surface area contributed by atoms with Gasteiger partial charge in [-0.1, -0.05) is 19.9 Å². The Morgan fingerprint density at radius 2 is 1.91 bits per heavy atom. The van der Waals surface area contributed by atoms with Gasteiger partial charge in [0.05, 0.1) is 12.6 Å². The fourth-order valence-electron chi connectivity index (χ4n) is 2.59. The van der Waals surface area contributed by atoms with Crippen molar-refractivity contribution >= 4 is 23.2 Å². The van der Waals surface area contributed by atoms with Gasteiger partial charge in [0.1, 0.15) is 0 Å². The van der Waals surface area contributed by atoms with Gasteiger partial charge in [0.2, 0.25) is 11.8 Å². The van der Waals surface area contributed by atoms with Crippen LogP contribution in [-0.4, -0.2) is 54.3 Å². The van der Waals surface area contributed by atoms with Crippen LogP contribution in [0.15, 0.2) is 17.5 Å². The van der Waals surface area contributed by atoms with E-state index in [1.807, 2.05) is 43.2 Å². The molecule has 5 nitrogen and oxygen atoms in total. The van der Waals surface area contributed by atoms with Crippen LogP contribution in [0.5, 0.6) is 0 Å². The van der Waals surface area contributed by atoms with E-state index in [0.717, 1.165) is 13.1 Å². The second kappa shape index (κ2) is 7.74. The highest BCUT2D eigenvalue weighted by atomic mass is 32.1. The molecule has 0 spiro atoms. The Labute approximate surface area is 136 Å². The minimum atomic E-state index is 0.0431. The first-order valence-electron chi connectivity index (χ1n) is 7.81. The molecule has 2 rings (SSSR count). The van der Waals surface area contributed by atoms with Gasteiger partial charge in [0, 0.05) is 37.0 Å². The summed E-state index contributed by atoms with van der Waals surface area (Å²) in [5.74, 6) is 0.293. The van der Waals surface area contributed by atoms with Crippen LogP contribution in [0.25, 0.3) is 0 Å². The van der Waals surface area contributed by atoms with Crippen molar-refractivity contribution in [2.75, 3.05) is 32.7 Å². The predicted octanol–water partition coefficient (Wildman–Crippen LogP) is 1.73. The summed E-state index contributed by atoms with van der Waals surface area (Å²) in [6.45, 7) is 9.21. The number of carbonyl (C=O) groups is 2. The number of amides is 2. The van der Waals surface area contributed by atoms with E-state index in [9.17, 15) is 9.59 Å². The van der Waals surface area contributed by atoms with Crippen LogP contribution in [0.1, 0.15) is 31.7 Å². The SMILES string of the molecule is CC(C)C(=O)N1CCN(CC(=O)N[C@H](C)c2cccs2)CC1. The van der Waals surface area contributed by atoms with Gasteiger partial charge in [-0.15, -0.1) is 11.3 Å². The number of piperazine rings is 1. The third kappa shape index (κ3) is 4.55. The first-order valence-corrected chi connectivity index (χ1v) is 8.69. The number of thiophene rings is 1. The molecule has 1 aromatic rings. The molecule has 2 heterocycles. The number of nitrogens with zero attached hydrogens (tertiary/aromatic N) is 2. The molecule has 0 radical (unpaired) electrons. The normalized spacial score (nSPS) is 17.5. The Morgan fingerprint density at radius 3 is 2.45 bits per heavy atom. The summed E-state index contributed by atoms with van der Waals surface area (Å²) in [5, 5.41) is 5.05. The first-order chi connectivity index (χ1) is 10.5. The minimum absolute atomic E-state index is 0.0431. The molecule has 0 bridgehead atoms. The fraction of sp³-hybridized carbons (Fsp3) is 0.625. The van der Waals surface area contributed by atoms with Crippen LogP contribution < -0.4 is 5.32 Å². The Hall–Kier alpha value is -1.40. The summed E-state index contributed by atoms with van der Waals surface area (Å²) in [6, 6.07) is 4.08. The Morgan fingerprint density at radius 1 is 1.23 bits per heavy atom. The van der Waals surface area contributed by atoms with E-state index in [2.05, 4.69) is 10.2 Å². The van der Waals surface area contributed by atoms with Gasteiger partial charge < -0.3 is 10.2 Å². The van der Waals surface area contributed by atoms with Gasteiger partial charge >= 0.3 is 0 Å². The van der Waals surface area contributed by atoms with Crippen molar-refractivity contribution in [3.63, 3.8) is 0 Å². The topological polar surface area (TPSA) is 52.7 Å². The van der Waals surface area contributed by atoms with Crippen LogP contribution in [-0.2, 0) is 9.59 Å². The maximum absolute atomic E-state index is 12.1. The van der Waals surface area contributed by atoms with Crippen LogP contribution in [0.4, 0.5) is 0 Å². The molecule has 1 aliphatic rings. The maximum atomic E-state index is 12.1. The summed E-state index contributed by atoms with van der Waals surface area (Å²) in [6.07, 6.45) is 0. The lowest BCUT2D eigenvalue weighted by Gasteiger charge is -2.35. The van der Waals surface area contributed by atoms with E-state index in [4.69, 9.17) is 0 Å². The number of rotatable bonds is 5. The van der Waals surface area contributed by atoms with Gasteiger partial charge in [0.15, 0.2) is 0 Å². The molecule has 2 amide bonds. The summed E-state index contributed by atoms with van der Waals surface area (Å²) in [7, 11) is 0. The molecule has 0 aromatic carbocycles. The monoisotopic (exact) mass is 323 g/mol. The summed E-state index contributed by atoms with van der Waals surface area (Å²) >= 11 is 1.65. The molecule has 1 fully saturated rings. The van der Waals surface area contributed by atoms with Crippen LogP contribution in [0, 0.1) is 5.92 Å². The van der Waals surface area contributed by atoms with Crippen molar-refractivity contribution in [2.24, 2.45) is 5.92 Å². The third-order valence-corrected chi connectivity index (χ3v) is 4.95. The lowest BCUT2D eigenvalue weighted by atomic mass is 10.1. The smallest absolute Gasteiger partial charge is 0.234 e. The van der Waals surface area contributed by atoms with Gasteiger partial charge in [-0.2, -0.15) is 0 Å². The van der Waals surface area contributed by atoms with Gasteiger partial charge in [0.25, 0.3) is 0 Å². The van der Waals surface area contributed by atoms with E-state index >= 15 is 0 Å². The Balaban J connectivity index is 1.74. The van der Waals surface area contributed by atoms with E-state index < -0.39 is 0 Å². The predicted molar refractivity (Wildman–Crippen MR) is 88.7 cm³/mol. The molecule has 22 heavy (non-hydrogen) atoms. The lowest BCUT2D eigenvalue weighted by molar-refractivity contribution is -0.136. The number of hydrogen-bond donors (Lipinski definition) is 1. The molecule has 1 aromatic heterocycles. The molecule has 1 aliphatic heterocycles. The highest BCUT2D eigenvalue weighted by Gasteiger charge is 2.24. The Kier molecular flexibility index (Phi) is 5.97. The molecule has 0 unspecified atom stereocenters. The number of carbonyl (C=O) groups excluding carboxylic acids is 2. The minimum Gasteiger partial charge on any atom is -0.348 e. The molecule has 122 valence electrons. The number of nitrogens with one attached hydrogen (secondary N) is 1. The van der Waals surface area contributed by atoms with Crippen molar-refractivity contribution in [2.45, 2.75) is 26.8 Å². The van der Waals surface area contributed by atoms with E-state index in [1.165, 1.54) is 4.88 Å². The maximum Gasteiger partial charge on any atom is 0.234 e. The molecule has 1 saturated heterocycles. The second-order valence-electron chi connectivity index (χ2n) is 6.06. The molecule has 1 atom stereocenters. The van der Waals surface area contributed by atoms with Gasteiger partial charge in [-0.3, -0.25) is 14.5 Å². The Bertz CT molecular complexity index is 493.